The number of rotatable bonds is 5. The van der Waals surface area contributed by atoms with Gasteiger partial charge in [0.2, 0.25) is 5.91 Å². The molecule has 0 aliphatic carbocycles. The molecule has 0 spiro atoms. The molecule has 0 aromatic heterocycles. The lowest BCUT2D eigenvalue weighted by atomic mass is 10.3. The molecule has 2 N–H and O–H groups in total. The summed E-state index contributed by atoms with van der Waals surface area (Å²) in [5.41, 5.74) is 2.28. The summed E-state index contributed by atoms with van der Waals surface area (Å²) >= 11 is 5.77. The lowest BCUT2D eigenvalue weighted by Crippen LogP contribution is -2.31. The van der Waals surface area contributed by atoms with E-state index in [0.717, 1.165) is 0 Å². The van der Waals surface area contributed by atoms with E-state index in [1.165, 1.54) is 0 Å². The molecule has 8 heteroatoms. The van der Waals surface area contributed by atoms with Gasteiger partial charge in [-0.3, -0.25) is 9.63 Å². The Morgan fingerprint density at radius 2 is 2.00 bits per heavy atom. The van der Waals surface area contributed by atoms with Crippen molar-refractivity contribution in [2.24, 2.45) is 0 Å². The van der Waals surface area contributed by atoms with Crippen molar-refractivity contribution in [3.05, 3.63) is 29.3 Å². The third-order valence-corrected chi connectivity index (χ3v) is 2.05. The quantitative estimate of drug-likeness (QED) is 0.644. The lowest BCUT2D eigenvalue weighted by molar-refractivity contribution is -0.189. The summed E-state index contributed by atoms with van der Waals surface area (Å²) in [6.45, 7) is -1.88. The number of alkyl halides is 3. The van der Waals surface area contributed by atoms with Crippen LogP contribution in [0.1, 0.15) is 0 Å². The molecule has 0 heterocycles. The third-order valence-electron chi connectivity index (χ3n) is 1.72. The number of hydrogen-bond acceptors (Lipinski definition) is 3. The molecular weight excluding hydrogens is 273 g/mol. The highest BCUT2D eigenvalue weighted by Gasteiger charge is 2.27. The number of amides is 1. The van der Waals surface area contributed by atoms with Gasteiger partial charge in [-0.1, -0.05) is 23.7 Å². The molecule has 0 aliphatic heterocycles. The Hall–Kier alpha value is -1.31. The molecule has 0 bridgehead atoms. The van der Waals surface area contributed by atoms with Gasteiger partial charge >= 0.3 is 6.18 Å². The van der Waals surface area contributed by atoms with Gasteiger partial charge in [-0.25, -0.2) is 0 Å². The van der Waals surface area contributed by atoms with Crippen LogP contribution in [0.2, 0.25) is 5.02 Å². The fraction of sp³-hybridized carbons (Fsp3) is 0.300. The van der Waals surface area contributed by atoms with Crippen LogP contribution in [0.25, 0.3) is 0 Å². The number of carbonyl (C=O) groups is 1. The van der Waals surface area contributed by atoms with Crippen molar-refractivity contribution in [2.75, 3.05) is 18.5 Å². The number of halogens is 4. The Bertz CT molecular complexity index is 412. The Kier molecular flexibility index (Phi) is 5.39. The first-order valence-corrected chi connectivity index (χ1v) is 5.22. The van der Waals surface area contributed by atoms with Crippen LogP contribution in [0.3, 0.4) is 0 Å². The predicted octanol–water partition coefficient (Wildman–Crippen LogP) is 2.36. The van der Waals surface area contributed by atoms with E-state index >= 15 is 0 Å². The van der Waals surface area contributed by atoms with Crippen molar-refractivity contribution < 1.29 is 22.8 Å². The highest BCUT2D eigenvalue weighted by atomic mass is 35.5. The number of nitrogens with one attached hydrogen (secondary N) is 2. The van der Waals surface area contributed by atoms with Gasteiger partial charge in [0.15, 0.2) is 6.61 Å². The van der Waals surface area contributed by atoms with Crippen molar-refractivity contribution in [3.8, 4) is 0 Å². The van der Waals surface area contributed by atoms with Crippen molar-refractivity contribution >= 4 is 23.2 Å². The molecule has 0 fully saturated rings. The summed E-state index contributed by atoms with van der Waals surface area (Å²) < 4.78 is 35.1. The molecular formula is C10H10ClF3N2O2. The molecule has 0 unspecified atom stereocenters. The molecule has 100 valence electrons. The summed E-state index contributed by atoms with van der Waals surface area (Å²) in [6, 6.07) is 6.49. The van der Waals surface area contributed by atoms with E-state index in [1.54, 1.807) is 24.3 Å². The van der Waals surface area contributed by atoms with Crippen LogP contribution in [0.4, 0.5) is 18.9 Å². The minimum atomic E-state index is -4.44. The molecule has 18 heavy (non-hydrogen) atoms. The number of anilines is 1. The first-order valence-electron chi connectivity index (χ1n) is 4.84. The Morgan fingerprint density at radius 3 is 2.61 bits per heavy atom. The van der Waals surface area contributed by atoms with Crippen LogP contribution in [-0.2, 0) is 9.63 Å². The van der Waals surface area contributed by atoms with E-state index < -0.39 is 25.2 Å². The van der Waals surface area contributed by atoms with Crippen LogP contribution in [0, 0.1) is 0 Å². The monoisotopic (exact) mass is 282 g/mol. The lowest BCUT2D eigenvalue weighted by Gasteiger charge is -2.09. The van der Waals surface area contributed by atoms with Crippen molar-refractivity contribution in [1.29, 1.82) is 0 Å². The third kappa shape index (κ3) is 5.85. The Balaban J connectivity index is 2.29. The molecule has 4 nitrogen and oxygen atoms in total. The molecule has 0 saturated carbocycles. The summed E-state index contributed by atoms with van der Waals surface area (Å²) in [6.07, 6.45) is -4.44. The van der Waals surface area contributed by atoms with E-state index in [9.17, 15) is 18.0 Å². The Labute approximate surface area is 106 Å². The van der Waals surface area contributed by atoms with Crippen LogP contribution in [-0.4, -0.2) is 25.2 Å². The number of para-hydroxylation sites is 1. The summed E-state index contributed by atoms with van der Waals surface area (Å²) in [4.78, 5) is 15.4. The second kappa shape index (κ2) is 6.58. The van der Waals surface area contributed by atoms with Crippen LogP contribution in [0.5, 0.6) is 0 Å². The van der Waals surface area contributed by atoms with E-state index in [2.05, 4.69) is 10.2 Å². The highest BCUT2D eigenvalue weighted by molar-refractivity contribution is 6.33. The minimum absolute atomic E-state index is 0.335. The number of benzene rings is 1. The number of hydroxylamine groups is 1. The average Bonchev–Trinajstić information content (AvgIpc) is 2.26. The SMILES string of the molecule is O=C(CNOCC(F)(F)F)Nc1ccccc1Cl. The molecule has 0 atom stereocenters. The van der Waals surface area contributed by atoms with Gasteiger partial charge in [0.25, 0.3) is 0 Å². The van der Waals surface area contributed by atoms with Crippen molar-refractivity contribution in [2.45, 2.75) is 6.18 Å². The van der Waals surface area contributed by atoms with E-state index in [-0.39, 0.29) is 0 Å². The zero-order valence-electron chi connectivity index (χ0n) is 9.05. The second-order valence-electron chi connectivity index (χ2n) is 3.25. The van der Waals surface area contributed by atoms with Gasteiger partial charge in [0.05, 0.1) is 10.7 Å². The van der Waals surface area contributed by atoms with Crippen LogP contribution < -0.4 is 10.8 Å². The maximum atomic E-state index is 11.7. The maximum Gasteiger partial charge on any atom is 0.413 e. The first kappa shape index (κ1) is 14.7. The largest absolute Gasteiger partial charge is 0.413 e. The summed E-state index contributed by atoms with van der Waals surface area (Å²) in [7, 11) is 0. The second-order valence-corrected chi connectivity index (χ2v) is 3.66. The normalized spacial score (nSPS) is 11.3. The van der Waals surface area contributed by atoms with E-state index in [4.69, 9.17) is 11.6 Å². The predicted molar refractivity (Wildman–Crippen MR) is 60.1 cm³/mol. The highest BCUT2D eigenvalue weighted by Crippen LogP contribution is 2.20. The molecule has 0 aliphatic rings. The average molecular weight is 283 g/mol. The van der Waals surface area contributed by atoms with Gasteiger partial charge in [-0.05, 0) is 12.1 Å². The smallest absolute Gasteiger partial charge is 0.324 e. The minimum Gasteiger partial charge on any atom is -0.324 e. The summed E-state index contributed by atoms with van der Waals surface area (Å²) in [5, 5.41) is 2.75. The van der Waals surface area contributed by atoms with E-state index in [1.807, 2.05) is 5.48 Å². The Morgan fingerprint density at radius 1 is 1.33 bits per heavy atom. The zero-order valence-corrected chi connectivity index (χ0v) is 9.81. The molecule has 1 aromatic carbocycles. The fourth-order valence-electron chi connectivity index (χ4n) is 1.01. The molecule has 0 radical (unpaired) electrons. The van der Waals surface area contributed by atoms with Gasteiger partial charge in [0.1, 0.15) is 6.54 Å². The number of carbonyl (C=O) groups excluding carboxylic acids is 1. The molecule has 1 aromatic rings. The fourth-order valence-corrected chi connectivity index (χ4v) is 1.19. The van der Waals surface area contributed by atoms with Crippen molar-refractivity contribution in [3.63, 3.8) is 0 Å². The first-order chi connectivity index (χ1) is 8.38. The van der Waals surface area contributed by atoms with E-state index in [0.29, 0.717) is 10.7 Å². The molecule has 1 rings (SSSR count). The molecule has 0 saturated heterocycles. The molecule has 1 amide bonds. The standard InChI is InChI=1S/C10H10ClF3N2O2/c11-7-3-1-2-4-8(7)16-9(17)5-15-18-6-10(12,13)14/h1-4,15H,5-6H2,(H,16,17). The van der Waals surface area contributed by atoms with Crippen LogP contribution in [0.15, 0.2) is 24.3 Å². The number of hydrogen-bond donors (Lipinski definition) is 2. The van der Waals surface area contributed by atoms with Crippen molar-refractivity contribution in [1.82, 2.24) is 5.48 Å². The van der Waals surface area contributed by atoms with Gasteiger partial charge in [-0.2, -0.15) is 18.7 Å². The van der Waals surface area contributed by atoms with Gasteiger partial charge in [-0.15, -0.1) is 0 Å². The van der Waals surface area contributed by atoms with Gasteiger partial charge < -0.3 is 5.32 Å². The summed E-state index contributed by atoms with van der Waals surface area (Å²) in [5.74, 6) is -0.565. The maximum absolute atomic E-state index is 11.7. The van der Waals surface area contributed by atoms with Gasteiger partial charge in [0, 0.05) is 0 Å². The zero-order chi connectivity index (χ0) is 13.6. The topological polar surface area (TPSA) is 50.4 Å². The van der Waals surface area contributed by atoms with Crippen LogP contribution >= 0.6 is 11.6 Å².